The minimum atomic E-state index is -5.27. The molecule has 108 valence electrons. The molecule has 0 unspecified atom stereocenters. The van der Waals surface area contributed by atoms with Crippen molar-refractivity contribution >= 4 is 5.97 Å². The van der Waals surface area contributed by atoms with Gasteiger partial charge in [-0.15, -0.1) is 13.2 Å². The normalized spacial score (nSPS) is 11.2. The highest BCUT2D eigenvalue weighted by molar-refractivity contribution is 5.71. The van der Waals surface area contributed by atoms with Crippen molar-refractivity contribution in [2.45, 2.75) is 19.2 Å². The van der Waals surface area contributed by atoms with E-state index in [1.165, 1.54) is 6.07 Å². The van der Waals surface area contributed by atoms with Crippen LogP contribution in [0.4, 0.5) is 22.0 Å². The van der Waals surface area contributed by atoms with Gasteiger partial charge in [0, 0.05) is 11.8 Å². The summed E-state index contributed by atoms with van der Waals surface area (Å²) < 4.78 is 65.0. The second-order valence-electron chi connectivity index (χ2n) is 3.41. The maximum absolute atomic E-state index is 12.8. The standard InChI is InChI=1S/C10H5F5N2O3/c11-8(12)7-5(2-16)4(1-6(18)19)3-17-9(7)20-10(13,14)15/h3,8H,1H2,(H,18,19). The molecule has 0 fully saturated rings. The number of aromatic nitrogens is 1. The van der Waals surface area contributed by atoms with Gasteiger partial charge in [0.1, 0.15) is 6.07 Å². The van der Waals surface area contributed by atoms with Crippen LogP contribution in [0.2, 0.25) is 0 Å². The molecule has 0 aliphatic heterocycles. The molecule has 0 aliphatic carbocycles. The number of hydrogen-bond acceptors (Lipinski definition) is 4. The van der Waals surface area contributed by atoms with E-state index in [4.69, 9.17) is 10.4 Å². The van der Waals surface area contributed by atoms with Crippen molar-refractivity contribution < 1.29 is 36.6 Å². The molecule has 0 bridgehead atoms. The molecule has 0 radical (unpaired) electrons. The summed E-state index contributed by atoms with van der Waals surface area (Å²) in [7, 11) is 0. The molecule has 1 heterocycles. The van der Waals surface area contributed by atoms with Gasteiger partial charge in [-0.1, -0.05) is 0 Å². The zero-order valence-corrected chi connectivity index (χ0v) is 9.41. The molecule has 0 aliphatic rings. The first-order valence-electron chi connectivity index (χ1n) is 4.83. The first-order valence-corrected chi connectivity index (χ1v) is 4.83. The topological polar surface area (TPSA) is 83.2 Å². The van der Waals surface area contributed by atoms with Crippen molar-refractivity contribution in [1.29, 1.82) is 5.26 Å². The minimum Gasteiger partial charge on any atom is -0.481 e. The molecule has 1 rings (SSSR count). The van der Waals surface area contributed by atoms with Gasteiger partial charge in [-0.25, -0.2) is 13.8 Å². The molecule has 0 saturated carbocycles. The highest BCUT2D eigenvalue weighted by Crippen LogP contribution is 2.35. The summed E-state index contributed by atoms with van der Waals surface area (Å²) in [4.78, 5) is 13.5. The summed E-state index contributed by atoms with van der Waals surface area (Å²) in [5, 5.41) is 17.3. The Morgan fingerprint density at radius 2 is 2.10 bits per heavy atom. The van der Waals surface area contributed by atoms with E-state index in [2.05, 4.69) is 9.72 Å². The van der Waals surface area contributed by atoms with Crippen LogP contribution in [0.15, 0.2) is 6.20 Å². The van der Waals surface area contributed by atoms with Crippen LogP contribution in [0.1, 0.15) is 23.1 Å². The minimum absolute atomic E-state index is 0.426. The summed E-state index contributed by atoms with van der Waals surface area (Å²) >= 11 is 0. The third-order valence-corrected chi connectivity index (χ3v) is 2.04. The number of carbonyl (C=O) groups is 1. The first-order chi connectivity index (χ1) is 9.15. The number of halogens is 5. The predicted octanol–water partition coefficient (Wildman–Crippen LogP) is 2.42. The third-order valence-electron chi connectivity index (χ3n) is 2.04. The fourth-order valence-electron chi connectivity index (χ4n) is 1.37. The van der Waals surface area contributed by atoms with Gasteiger partial charge in [-0.2, -0.15) is 5.26 Å². The number of pyridine rings is 1. The van der Waals surface area contributed by atoms with Gasteiger partial charge in [0.25, 0.3) is 6.43 Å². The number of ether oxygens (including phenoxy) is 1. The lowest BCUT2D eigenvalue weighted by atomic mass is 10.0. The van der Waals surface area contributed by atoms with Crippen LogP contribution in [-0.2, 0) is 11.2 Å². The van der Waals surface area contributed by atoms with Gasteiger partial charge < -0.3 is 9.84 Å². The van der Waals surface area contributed by atoms with E-state index < -0.39 is 47.7 Å². The average molecular weight is 296 g/mol. The maximum Gasteiger partial charge on any atom is 0.574 e. The molecule has 0 amide bonds. The van der Waals surface area contributed by atoms with E-state index in [-0.39, 0.29) is 0 Å². The van der Waals surface area contributed by atoms with Crippen molar-refractivity contribution in [3.8, 4) is 11.9 Å². The van der Waals surface area contributed by atoms with Crippen LogP contribution in [0, 0.1) is 11.3 Å². The second kappa shape index (κ2) is 5.68. The van der Waals surface area contributed by atoms with Crippen molar-refractivity contribution in [1.82, 2.24) is 4.98 Å². The van der Waals surface area contributed by atoms with Gasteiger partial charge in [0.05, 0.1) is 17.5 Å². The van der Waals surface area contributed by atoms with E-state index in [0.29, 0.717) is 6.20 Å². The fraction of sp³-hybridized carbons (Fsp3) is 0.300. The summed E-state index contributed by atoms with van der Waals surface area (Å²) in [5.74, 6) is -2.92. The molecule has 20 heavy (non-hydrogen) atoms. The molecule has 0 aromatic carbocycles. The quantitative estimate of drug-likeness (QED) is 0.863. The van der Waals surface area contributed by atoms with E-state index in [9.17, 15) is 26.7 Å². The number of alkyl halides is 5. The molecular weight excluding hydrogens is 291 g/mol. The zero-order valence-electron chi connectivity index (χ0n) is 9.41. The second-order valence-corrected chi connectivity index (χ2v) is 3.41. The van der Waals surface area contributed by atoms with Crippen molar-refractivity contribution in [3.05, 3.63) is 22.9 Å². The summed E-state index contributed by atoms with van der Waals surface area (Å²) in [6, 6.07) is 1.25. The van der Waals surface area contributed by atoms with Gasteiger partial charge in [0.15, 0.2) is 0 Å². The number of nitriles is 1. The van der Waals surface area contributed by atoms with Crippen LogP contribution >= 0.6 is 0 Å². The van der Waals surface area contributed by atoms with E-state index in [1.807, 2.05) is 0 Å². The van der Waals surface area contributed by atoms with Crippen LogP contribution in [0.3, 0.4) is 0 Å². The Hall–Kier alpha value is -2.44. The number of hydrogen-bond donors (Lipinski definition) is 1. The van der Waals surface area contributed by atoms with Crippen molar-refractivity contribution in [3.63, 3.8) is 0 Å². The van der Waals surface area contributed by atoms with Gasteiger partial charge in [-0.05, 0) is 0 Å². The van der Waals surface area contributed by atoms with E-state index in [0.717, 1.165) is 0 Å². The highest BCUT2D eigenvalue weighted by Gasteiger charge is 2.35. The van der Waals surface area contributed by atoms with Gasteiger partial charge >= 0.3 is 12.3 Å². The summed E-state index contributed by atoms with van der Waals surface area (Å²) in [6.45, 7) is 0. The monoisotopic (exact) mass is 296 g/mol. The summed E-state index contributed by atoms with van der Waals surface area (Å²) in [5.41, 5.74) is -2.70. The smallest absolute Gasteiger partial charge is 0.481 e. The van der Waals surface area contributed by atoms with Crippen LogP contribution in [0.5, 0.6) is 5.88 Å². The van der Waals surface area contributed by atoms with Crippen molar-refractivity contribution in [2.75, 3.05) is 0 Å². The lowest BCUT2D eigenvalue weighted by Gasteiger charge is -2.14. The number of rotatable bonds is 4. The molecule has 0 spiro atoms. The largest absolute Gasteiger partial charge is 0.574 e. The van der Waals surface area contributed by atoms with Gasteiger partial charge in [0.2, 0.25) is 5.88 Å². The Morgan fingerprint density at radius 3 is 2.50 bits per heavy atom. The zero-order chi connectivity index (χ0) is 15.5. The first kappa shape index (κ1) is 15.6. The molecule has 0 atom stereocenters. The van der Waals surface area contributed by atoms with E-state index >= 15 is 0 Å². The molecule has 0 saturated heterocycles. The van der Waals surface area contributed by atoms with Crippen LogP contribution in [0.25, 0.3) is 0 Å². The summed E-state index contributed by atoms with van der Waals surface area (Å²) in [6.07, 6.45) is -9.00. The molecular formula is C10H5F5N2O3. The SMILES string of the molecule is N#Cc1c(CC(=O)O)cnc(OC(F)(F)F)c1C(F)F. The lowest BCUT2D eigenvalue weighted by Crippen LogP contribution is -2.20. The third kappa shape index (κ3) is 3.78. The Bertz CT molecular complexity index is 565. The average Bonchev–Trinajstić information content (AvgIpc) is 2.27. The van der Waals surface area contributed by atoms with Gasteiger partial charge in [-0.3, -0.25) is 4.79 Å². The van der Waals surface area contributed by atoms with Crippen molar-refractivity contribution in [2.24, 2.45) is 0 Å². The maximum atomic E-state index is 12.8. The predicted molar refractivity (Wildman–Crippen MR) is 51.9 cm³/mol. The number of aliphatic carboxylic acids is 1. The number of carboxylic acids is 1. The Kier molecular flexibility index (Phi) is 4.44. The van der Waals surface area contributed by atoms with Crippen LogP contribution in [-0.4, -0.2) is 22.4 Å². The Balaban J connectivity index is 3.43. The Labute approximate surface area is 108 Å². The number of carboxylic acid groups (broad SMARTS) is 1. The lowest BCUT2D eigenvalue weighted by molar-refractivity contribution is -0.276. The molecule has 1 N–H and O–H groups in total. The molecule has 5 nitrogen and oxygen atoms in total. The fourth-order valence-corrected chi connectivity index (χ4v) is 1.37. The molecule has 10 heteroatoms. The Morgan fingerprint density at radius 1 is 1.50 bits per heavy atom. The van der Waals surface area contributed by atoms with E-state index in [1.54, 1.807) is 0 Å². The number of nitrogens with zero attached hydrogens (tertiary/aromatic N) is 2. The van der Waals surface area contributed by atoms with Crippen LogP contribution < -0.4 is 4.74 Å². The molecule has 1 aromatic rings. The molecule has 1 aromatic heterocycles. The highest BCUT2D eigenvalue weighted by atomic mass is 19.4.